The van der Waals surface area contributed by atoms with Gasteiger partial charge in [0.2, 0.25) is 0 Å². The summed E-state index contributed by atoms with van der Waals surface area (Å²) in [4.78, 5) is 33.2. The fourth-order valence-electron chi connectivity index (χ4n) is 5.33. The van der Waals surface area contributed by atoms with Crippen LogP contribution in [0.5, 0.6) is 5.75 Å². The van der Waals surface area contributed by atoms with Crippen LogP contribution in [0.4, 0.5) is 0 Å². The van der Waals surface area contributed by atoms with Crippen molar-refractivity contribution in [1.82, 2.24) is 14.8 Å². The highest BCUT2D eigenvalue weighted by atomic mass is 16.5. The minimum atomic E-state index is -0.0554. The molecule has 3 aromatic rings. The van der Waals surface area contributed by atoms with Gasteiger partial charge in [-0.25, -0.2) is 0 Å². The van der Waals surface area contributed by atoms with Crippen molar-refractivity contribution in [2.24, 2.45) is 5.41 Å². The van der Waals surface area contributed by atoms with E-state index < -0.39 is 0 Å². The van der Waals surface area contributed by atoms with Gasteiger partial charge in [0.05, 0.1) is 18.8 Å². The van der Waals surface area contributed by atoms with E-state index in [1.807, 2.05) is 59.6 Å². The summed E-state index contributed by atoms with van der Waals surface area (Å²) >= 11 is 0. The van der Waals surface area contributed by atoms with Gasteiger partial charge in [-0.3, -0.25) is 9.59 Å². The molecule has 1 aromatic heterocycles. The Morgan fingerprint density at radius 2 is 1.81 bits per heavy atom. The molecule has 5 rings (SSSR count). The van der Waals surface area contributed by atoms with Crippen molar-refractivity contribution in [1.29, 1.82) is 0 Å². The van der Waals surface area contributed by atoms with E-state index in [0.29, 0.717) is 50.8 Å². The lowest BCUT2D eigenvalue weighted by Gasteiger charge is -2.42. The van der Waals surface area contributed by atoms with Gasteiger partial charge in [0.25, 0.3) is 11.8 Å². The monoisotopic (exact) mass is 489 g/mol. The molecule has 1 spiro atoms. The number of ether oxygens (including phenoxy) is 2. The maximum atomic E-state index is 13.3. The number of hydrogen-bond acceptors (Lipinski definition) is 4. The van der Waals surface area contributed by atoms with E-state index in [0.717, 1.165) is 48.6 Å². The van der Waals surface area contributed by atoms with Crippen molar-refractivity contribution < 1.29 is 19.1 Å². The SMILES string of the molecule is CN1CCOCCCCC2(CCN(C(=O)c3ccc4[nH]ccc4c3)CC2)COc2ccccc2C1=O. The van der Waals surface area contributed by atoms with Crippen LogP contribution < -0.4 is 4.74 Å². The number of H-pyrrole nitrogens is 1. The predicted molar refractivity (Wildman–Crippen MR) is 139 cm³/mol. The lowest BCUT2D eigenvalue weighted by molar-refractivity contribution is 0.0329. The molecule has 2 amide bonds. The Bertz CT molecular complexity index is 1210. The molecule has 1 fully saturated rings. The summed E-state index contributed by atoms with van der Waals surface area (Å²) in [6.45, 7) is 3.72. The number of carbonyl (C=O) groups is 2. The van der Waals surface area contributed by atoms with Crippen molar-refractivity contribution in [2.45, 2.75) is 32.1 Å². The maximum Gasteiger partial charge on any atom is 0.257 e. The molecule has 0 unspecified atom stereocenters. The van der Waals surface area contributed by atoms with Gasteiger partial charge in [-0.05, 0) is 62.1 Å². The summed E-state index contributed by atoms with van der Waals surface area (Å²) in [6.07, 6.45) is 6.70. The van der Waals surface area contributed by atoms with Gasteiger partial charge in [0.1, 0.15) is 5.75 Å². The van der Waals surface area contributed by atoms with Crippen LogP contribution in [0.15, 0.2) is 54.7 Å². The third kappa shape index (κ3) is 5.26. The number of hydrogen-bond donors (Lipinski definition) is 1. The maximum absolute atomic E-state index is 13.3. The smallest absolute Gasteiger partial charge is 0.257 e. The fraction of sp³-hybridized carbons (Fsp3) is 0.448. The van der Waals surface area contributed by atoms with Gasteiger partial charge < -0.3 is 24.3 Å². The summed E-state index contributed by atoms with van der Waals surface area (Å²) in [7, 11) is 1.80. The Hall–Kier alpha value is -3.32. The topological polar surface area (TPSA) is 74.9 Å². The molecule has 2 aromatic carbocycles. The number of likely N-dealkylation sites (tertiary alicyclic amines) is 1. The molecule has 36 heavy (non-hydrogen) atoms. The molecule has 0 radical (unpaired) electrons. The van der Waals surface area contributed by atoms with Crippen LogP contribution in [0, 0.1) is 5.41 Å². The van der Waals surface area contributed by atoms with Gasteiger partial charge in [-0.1, -0.05) is 18.6 Å². The summed E-state index contributed by atoms with van der Waals surface area (Å²) in [5, 5.41) is 1.05. The van der Waals surface area contributed by atoms with Crippen LogP contribution in [0.3, 0.4) is 0 Å². The summed E-state index contributed by atoms with van der Waals surface area (Å²) < 4.78 is 12.2. The number of para-hydroxylation sites is 1. The van der Waals surface area contributed by atoms with E-state index in [9.17, 15) is 9.59 Å². The second-order valence-corrected chi connectivity index (χ2v) is 10.2. The second kappa shape index (κ2) is 10.7. The zero-order valence-corrected chi connectivity index (χ0v) is 21.0. The first-order valence-electron chi connectivity index (χ1n) is 13.0. The highest BCUT2D eigenvalue weighted by Gasteiger charge is 2.37. The highest BCUT2D eigenvalue weighted by molar-refractivity contribution is 5.98. The van der Waals surface area contributed by atoms with E-state index in [1.54, 1.807) is 11.9 Å². The van der Waals surface area contributed by atoms with Crippen molar-refractivity contribution in [3.63, 3.8) is 0 Å². The average molecular weight is 490 g/mol. The Labute approximate surface area is 212 Å². The van der Waals surface area contributed by atoms with Crippen LogP contribution in [0.25, 0.3) is 10.9 Å². The minimum Gasteiger partial charge on any atom is -0.492 e. The lowest BCUT2D eigenvalue weighted by atomic mass is 9.75. The van der Waals surface area contributed by atoms with E-state index in [2.05, 4.69) is 4.98 Å². The van der Waals surface area contributed by atoms with Crippen molar-refractivity contribution in [3.8, 4) is 5.75 Å². The quantitative estimate of drug-likeness (QED) is 0.536. The van der Waals surface area contributed by atoms with E-state index >= 15 is 0 Å². The first-order chi connectivity index (χ1) is 17.5. The van der Waals surface area contributed by atoms with Crippen LogP contribution in [0.1, 0.15) is 52.8 Å². The molecule has 0 aliphatic carbocycles. The molecule has 190 valence electrons. The molecule has 2 aliphatic heterocycles. The van der Waals surface area contributed by atoms with Gasteiger partial charge in [-0.15, -0.1) is 0 Å². The number of rotatable bonds is 1. The zero-order chi connectivity index (χ0) is 25.0. The van der Waals surface area contributed by atoms with E-state index in [4.69, 9.17) is 9.47 Å². The molecule has 1 saturated heterocycles. The number of nitrogens with one attached hydrogen (secondary N) is 1. The second-order valence-electron chi connectivity index (χ2n) is 10.2. The number of aromatic amines is 1. The third-order valence-electron chi connectivity index (χ3n) is 7.73. The first kappa shape index (κ1) is 24.4. The number of aromatic nitrogens is 1. The molecule has 0 atom stereocenters. The van der Waals surface area contributed by atoms with Crippen LogP contribution in [-0.4, -0.2) is 73.1 Å². The minimum absolute atomic E-state index is 0.0342. The van der Waals surface area contributed by atoms with Crippen LogP contribution in [-0.2, 0) is 4.74 Å². The van der Waals surface area contributed by atoms with Crippen LogP contribution in [0.2, 0.25) is 0 Å². The highest BCUT2D eigenvalue weighted by Crippen LogP contribution is 2.38. The molecular weight excluding hydrogens is 454 g/mol. The lowest BCUT2D eigenvalue weighted by Crippen LogP contribution is -2.45. The van der Waals surface area contributed by atoms with Gasteiger partial charge in [0.15, 0.2) is 0 Å². The normalized spacial score (nSPS) is 19.5. The molecule has 2 aliphatic rings. The number of nitrogens with zero attached hydrogens (tertiary/aromatic N) is 2. The molecule has 1 N–H and O–H groups in total. The number of fused-ring (bicyclic) bond motifs is 2. The number of likely N-dealkylation sites (N-methyl/N-ethyl adjacent to an activating group) is 1. The molecule has 0 bridgehead atoms. The van der Waals surface area contributed by atoms with E-state index in [1.165, 1.54) is 0 Å². The van der Waals surface area contributed by atoms with Crippen molar-refractivity contribution >= 4 is 22.7 Å². The predicted octanol–water partition coefficient (Wildman–Crippen LogP) is 4.74. The Morgan fingerprint density at radius 3 is 2.67 bits per heavy atom. The number of benzene rings is 2. The van der Waals surface area contributed by atoms with Crippen molar-refractivity contribution in [3.05, 3.63) is 65.9 Å². The number of piperidine rings is 1. The van der Waals surface area contributed by atoms with Crippen molar-refractivity contribution in [2.75, 3.05) is 46.5 Å². The zero-order valence-electron chi connectivity index (χ0n) is 21.0. The van der Waals surface area contributed by atoms with Gasteiger partial charge >= 0.3 is 0 Å². The third-order valence-corrected chi connectivity index (χ3v) is 7.73. The van der Waals surface area contributed by atoms with Gasteiger partial charge in [0, 0.05) is 61.4 Å². The summed E-state index contributed by atoms with van der Waals surface area (Å²) in [5.41, 5.74) is 2.32. The Kier molecular flexibility index (Phi) is 7.28. The average Bonchev–Trinajstić information content (AvgIpc) is 3.39. The summed E-state index contributed by atoms with van der Waals surface area (Å²) in [6, 6.07) is 15.3. The van der Waals surface area contributed by atoms with Gasteiger partial charge in [-0.2, -0.15) is 0 Å². The Morgan fingerprint density at radius 1 is 0.972 bits per heavy atom. The number of amides is 2. The molecule has 7 heteroatoms. The standard InChI is InChI=1S/C29H35N3O4/c1-31-17-19-35-18-5-4-11-29(21-36-26-7-3-2-6-24(26)28(31)34)12-15-32(16-13-29)27(33)23-8-9-25-22(20-23)10-14-30-25/h2-3,6-10,14,20,30H,4-5,11-13,15-19,21H2,1H3. The molecule has 3 heterocycles. The Balaban J connectivity index is 1.30. The van der Waals surface area contributed by atoms with E-state index in [-0.39, 0.29) is 17.2 Å². The fourth-order valence-corrected chi connectivity index (χ4v) is 5.33. The molecular formula is C29H35N3O4. The van der Waals surface area contributed by atoms with Crippen LogP contribution >= 0.6 is 0 Å². The molecule has 0 saturated carbocycles. The number of carbonyl (C=O) groups excluding carboxylic acids is 2. The summed E-state index contributed by atoms with van der Waals surface area (Å²) in [5.74, 6) is 0.660. The largest absolute Gasteiger partial charge is 0.492 e. The molecule has 7 nitrogen and oxygen atoms in total. The first-order valence-corrected chi connectivity index (χ1v) is 13.0.